The molecule has 0 amide bonds. The van der Waals surface area contributed by atoms with Crippen LogP contribution in [-0.4, -0.2) is 20.2 Å². The molecule has 5 nitrogen and oxygen atoms in total. The first-order valence-corrected chi connectivity index (χ1v) is 3.96. The third-order valence-electron chi connectivity index (χ3n) is 1.87. The number of aromatic nitrogens is 4. The van der Waals surface area contributed by atoms with Gasteiger partial charge in [-0.05, 0) is 29.0 Å². The van der Waals surface area contributed by atoms with Crippen LogP contribution in [0.15, 0.2) is 23.0 Å². The van der Waals surface area contributed by atoms with E-state index >= 15 is 0 Å². The van der Waals surface area contributed by atoms with Crippen molar-refractivity contribution in [1.82, 2.24) is 20.2 Å². The Morgan fingerprint density at radius 2 is 2.29 bits per heavy atom. The van der Waals surface area contributed by atoms with Crippen molar-refractivity contribution in [1.29, 1.82) is 0 Å². The minimum absolute atomic E-state index is 0.131. The zero-order chi connectivity index (χ0) is 10.1. The molecule has 0 radical (unpaired) electrons. The molecule has 0 aliphatic carbocycles. The first-order valence-electron chi connectivity index (χ1n) is 3.96. The van der Waals surface area contributed by atoms with Gasteiger partial charge in [0.1, 0.15) is 11.5 Å². The Morgan fingerprint density at radius 3 is 2.86 bits per heavy atom. The van der Waals surface area contributed by atoms with Crippen molar-refractivity contribution in [2.45, 2.75) is 6.92 Å². The van der Waals surface area contributed by atoms with Crippen LogP contribution in [0.1, 0.15) is 5.56 Å². The maximum absolute atomic E-state index is 13.4. The number of nitrogens with one attached hydrogen (secondary N) is 1. The van der Waals surface area contributed by atoms with Gasteiger partial charge < -0.3 is 0 Å². The fourth-order valence-electron chi connectivity index (χ4n) is 1.24. The van der Waals surface area contributed by atoms with E-state index < -0.39 is 11.5 Å². The Balaban J connectivity index is 2.74. The van der Waals surface area contributed by atoms with Crippen LogP contribution < -0.4 is 5.69 Å². The summed E-state index contributed by atoms with van der Waals surface area (Å²) in [6, 6.07) is 4.53. The molecule has 0 spiro atoms. The van der Waals surface area contributed by atoms with E-state index in [9.17, 15) is 9.18 Å². The van der Waals surface area contributed by atoms with Gasteiger partial charge in [0.2, 0.25) is 0 Å². The Kier molecular flexibility index (Phi) is 1.88. The lowest BCUT2D eigenvalue weighted by Crippen LogP contribution is -2.18. The summed E-state index contributed by atoms with van der Waals surface area (Å²) in [5, 5.41) is 8.86. The van der Waals surface area contributed by atoms with Gasteiger partial charge in [-0.2, -0.15) is 4.68 Å². The summed E-state index contributed by atoms with van der Waals surface area (Å²) in [6.07, 6.45) is 0. The highest BCUT2D eigenvalue weighted by molar-refractivity contribution is 5.39. The topological polar surface area (TPSA) is 63.6 Å². The molecule has 72 valence electrons. The number of aryl methyl sites for hydroxylation is 1. The molecule has 0 bridgehead atoms. The molecular weight excluding hydrogens is 187 g/mol. The largest absolute Gasteiger partial charge is 0.365 e. The summed E-state index contributed by atoms with van der Waals surface area (Å²) in [6.45, 7) is 1.69. The van der Waals surface area contributed by atoms with E-state index in [4.69, 9.17) is 0 Å². The van der Waals surface area contributed by atoms with E-state index in [0.29, 0.717) is 5.56 Å². The van der Waals surface area contributed by atoms with Crippen LogP contribution in [0.5, 0.6) is 0 Å². The molecule has 0 unspecified atom stereocenters. The quantitative estimate of drug-likeness (QED) is 0.714. The number of hydrogen-bond donors (Lipinski definition) is 1. The molecule has 1 heterocycles. The predicted octanol–water partition coefficient (Wildman–Crippen LogP) is 0.403. The van der Waals surface area contributed by atoms with Gasteiger partial charge in [-0.25, -0.2) is 14.3 Å². The van der Waals surface area contributed by atoms with Crippen LogP contribution in [0.3, 0.4) is 0 Å². The number of rotatable bonds is 1. The molecule has 0 saturated heterocycles. The minimum atomic E-state index is -0.557. The summed E-state index contributed by atoms with van der Waals surface area (Å²) < 4.78 is 14.2. The van der Waals surface area contributed by atoms with Crippen LogP contribution in [0, 0.1) is 12.7 Å². The average Bonchev–Trinajstić information content (AvgIpc) is 2.52. The third-order valence-corrected chi connectivity index (χ3v) is 1.87. The fraction of sp³-hybridized carbons (Fsp3) is 0.125. The minimum Gasteiger partial charge on any atom is -0.244 e. The number of benzene rings is 1. The standard InChI is InChI=1S/C8H7FN4O/c1-5-3-2-4-6(9)7(5)13-8(14)10-11-12-13/h2-4H,1H3,(H,10,12,14). The van der Waals surface area contributed by atoms with E-state index in [-0.39, 0.29) is 5.69 Å². The van der Waals surface area contributed by atoms with Crippen LogP contribution >= 0.6 is 0 Å². The first kappa shape index (κ1) is 8.61. The third kappa shape index (κ3) is 1.20. The SMILES string of the molecule is Cc1cccc(F)c1-n1nn[nH]c1=O. The molecule has 1 N–H and O–H groups in total. The average molecular weight is 194 g/mol. The molecule has 2 aromatic rings. The van der Waals surface area contributed by atoms with Crippen LogP contribution in [0.25, 0.3) is 5.69 Å². The second kappa shape index (κ2) is 3.06. The zero-order valence-electron chi connectivity index (χ0n) is 7.36. The normalized spacial score (nSPS) is 10.4. The molecule has 6 heteroatoms. The summed E-state index contributed by atoms with van der Waals surface area (Å²) in [7, 11) is 0. The summed E-state index contributed by atoms with van der Waals surface area (Å²) in [5.41, 5.74) is 0.199. The second-order valence-corrected chi connectivity index (χ2v) is 2.82. The van der Waals surface area contributed by atoms with Crippen LogP contribution in [0.2, 0.25) is 0 Å². The lowest BCUT2D eigenvalue weighted by atomic mass is 10.2. The number of hydrogen-bond acceptors (Lipinski definition) is 3. The van der Waals surface area contributed by atoms with Crippen molar-refractivity contribution >= 4 is 0 Å². The van der Waals surface area contributed by atoms with E-state index in [2.05, 4.69) is 15.5 Å². The molecule has 0 aliphatic heterocycles. The van der Waals surface area contributed by atoms with Crippen molar-refractivity contribution in [3.05, 3.63) is 40.1 Å². The highest BCUT2D eigenvalue weighted by Gasteiger charge is 2.10. The van der Waals surface area contributed by atoms with Gasteiger partial charge in [-0.15, -0.1) is 0 Å². The van der Waals surface area contributed by atoms with Crippen molar-refractivity contribution < 1.29 is 4.39 Å². The van der Waals surface area contributed by atoms with Gasteiger partial charge in [0.15, 0.2) is 0 Å². The van der Waals surface area contributed by atoms with E-state index in [1.807, 2.05) is 0 Å². The van der Waals surface area contributed by atoms with Crippen molar-refractivity contribution in [2.75, 3.05) is 0 Å². The highest BCUT2D eigenvalue weighted by atomic mass is 19.1. The van der Waals surface area contributed by atoms with Crippen molar-refractivity contribution in [2.24, 2.45) is 0 Å². The molecule has 0 fully saturated rings. The molecular formula is C8H7FN4O. The van der Waals surface area contributed by atoms with Gasteiger partial charge in [0.25, 0.3) is 0 Å². The number of tetrazole rings is 1. The molecule has 14 heavy (non-hydrogen) atoms. The van der Waals surface area contributed by atoms with Crippen LogP contribution in [0.4, 0.5) is 4.39 Å². The number of para-hydroxylation sites is 1. The number of nitrogens with zero attached hydrogens (tertiary/aromatic N) is 3. The number of H-pyrrole nitrogens is 1. The number of halogens is 1. The van der Waals surface area contributed by atoms with Gasteiger partial charge in [-0.3, -0.25) is 0 Å². The lowest BCUT2D eigenvalue weighted by Gasteiger charge is -2.03. The number of aromatic amines is 1. The van der Waals surface area contributed by atoms with Crippen LogP contribution in [-0.2, 0) is 0 Å². The van der Waals surface area contributed by atoms with E-state index in [1.54, 1.807) is 19.1 Å². The van der Waals surface area contributed by atoms with Gasteiger partial charge in [0, 0.05) is 0 Å². The molecule has 1 aromatic carbocycles. The summed E-state index contributed by atoms with van der Waals surface area (Å²) >= 11 is 0. The molecule has 0 aliphatic rings. The molecule has 0 atom stereocenters. The Hall–Kier alpha value is -1.98. The molecule has 0 saturated carbocycles. The van der Waals surface area contributed by atoms with Gasteiger partial charge in [-0.1, -0.05) is 12.1 Å². The Morgan fingerprint density at radius 1 is 1.50 bits per heavy atom. The maximum Gasteiger partial charge on any atom is 0.365 e. The fourth-order valence-corrected chi connectivity index (χ4v) is 1.24. The van der Waals surface area contributed by atoms with E-state index in [0.717, 1.165) is 4.68 Å². The Bertz CT molecular complexity index is 496. The van der Waals surface area contributed by atoms with Crippen molar-refractivity contribution in [3.63, 3.8) is 0 Å². The second-order valence-electron chi connectivity index (χ2n) is 2.82. The predicted molar refractivity (Wildman–Crippen MR) is 46.7 cm³/mol. The Labute approximate surface area is 78.2 Å². The zero-order valence-corrected chi connectivity index (χ0v) is 7.36. The summed E-state index contributed by atoms with van der Waals surface area (Å²) in [5.74, 6) is -0.499. The van der Waals surface area contributed by atoms with Gasteiger partial charge >= 0.3 is 5.69 Å². The van der Waals surface area contributed by atoms with Crippen molar-refractivity contribution in [3.8, 4) is 5.69 Å². The molecule has 2 rings (SSSR count). The summed E-state index contributed by atoms with van der Waals surface area (Å²) in [4.78, 5) is 11.1. The maximum atomic E-state index is 13.4. The van der Waals surface area contributed by atoms with Gasteiger partial charge in [0.05, 0.1) is 0 Å². The van der Waals surface area contributed by atoms with E-state index in [1.165, 1.54) is 6.07 Å². The monoisotopic (exact) mass is 194 g/mol. The molecule has 1 aromatic heterocycles. The first-order chi connectivity index (χ1) is 6.70. The highest BCUT2D eigenvalue weighted by Crippen LogP contribution is 2.14. The lowest BCUT2D eigenvalue weighted by molar-refractivity contribution is 0.602. The smallest absolute Gasteiger partial charge is 0.244 e.